The van der Waals surface area contributed by atoms with Crippen LogP contribution in [0.3, 0.4) is 0 Å². The minimum Gasteiger partial charge on any atom is -0.353 e. The van der Waals surface area contributed by atoms with Crippen LogP contribution in [0.2, 0.25) is 0 Å². The van der Waals surface area contributed by atoms with E-state index in [9.17, 15) is 18.0 Å². The van der Waals surface area contributed by atoms with E-state index in [0.717, 1.165) is 6.07 Å². The van der Waals surface area contributed by atoms with E-state index in [0.29, 0.717) is 38.9 Å². The van der Waals surface area contributed by atoms with Crippen molar-refractivity contribution in [2.24, 2.45) is 0 Å². The summed E-state index contributed by atoms with van der Waals surface area (Å²) in [6.07, 6.45) is -2.75. The number of hydrogen-bond donors (Lipinski definition) is 1. The first-order valence-corrected chi connectivity index (χ1v) is 7.50. The Kier molecular flexibility index (Phi) is 5.61. The number of nitrogens with one attached hydrogen (secondary N) is 1. The molecular formula is C16H18F3N3O. The predicted octanol–water partition coefficient (Wildman–Crippen LogP) is 2.87. The van der Waals surface area contributed by atoms with Gasteiger partial charge in [0.2, 0.25) is 5.91 Å². The Morgan fingerprint density at radius 2 is 2.04 bits per heavy atom. The molecule has 1 amide bonds. The van der Waals surface area contributed by atoms with E-state index in [2.05, 4.69) is 5.32 Å². The Morgan fingerprint density at radius 3 is 2.74 bits per heavy atom. The van der Waals surface area contributed by atoms with Crippen LogP contribution in [-0.2, 0) is 11.0 Å². The van der Waals surface area contributed by atoms with Gasteiger partial charge in [-0.1, -0.05) is 18.2 Å². The number of nitriles is 1. The quantitative estimate of drug-likeness (QED) is 0.847. The lowest BCUT2D eigenvalue weighted by Crippen LogP contribution is -2.50. The fraction of sp³-hybridized carbons (Fsp3) is 0.500. The molecule has 7 heteroatoms. The lowest BCUT2D eigenvalue weighted by Gasteiger charge is -2.36. The molecule has 4 nitrogen and oxygen atoms in total. The van der Waals surface area contributed by atoms with Gasteiger partial charge in [0.1, 0.15) is 6.04 Å². The third-order valence-corrected chi connectivity index (χ3v) is 3.86. The maximum Gasteiger partial charge on any atom is 0.416 e. The molecule has 0 unspecified atom stereocenters. The number of hydrogen-bond acceptors (Lipinski definition) is 3. The molecule has 1 aromatic carbocycles. The molecule has 1 aromatic rings. The number of nitrogens with zero attached hydrogens (tertiary/aromatic N) is 2. The third kappa shape index (κ3) is 4.23. The molecule has 0 aliphatic carbocycles. The number of benzene rings is 1. The third-order valence-electron chi connectivity index (χ3n) is 3.86. The van der Waals surface area contributed by atoms with E-state index >= 15 is 0 Å². The number of rotatable bonds is 5. The van der Waals surface area contributed by atoms with Crippen molar-refractivity contribution in [3.05, 3.63) is 35.4 Å². The second kappa shape index (κ2) is 7.47. The van der Waals surface area contributed by atoms with Gasteiger partial charge in [-0.05, 0) is 31.0 Å². The number of unbranched alkanes of at least 4 members (excludes halogenated alkanes) is 2. The van der Waals surface area contributed by atoms with Gasteiger partial charge in [-0.25, -0.2) is 0 Å². The van der Waals surface area contributed by atoms with Crippen molar-refractivity contribution in [1.82, 2.24) is 10.2 Å². The molecule has 124 valence electrons. The minimum absolute atomic E-state index is 0.0162. The average Bonchev–Trinajstić information content (AvgIpc) is 2.51. The highest BCUT2D eigenvalue weighted by molar-refractivity contribution is 5.84. The zero-order valence-electron chi connectivity index (χ0n) is 12.6. The lowest BCUT2D eigenvalue weighted by atomic mass is 9.96. The summed E-state index contributed by atoms with van der Waals surface area (Å²) >= 11 is 0. The smallest absolute Gasteiger partial charge is 0.353 e. The average molecular weight is 325 g/mol. The van der Waals surface area contributed by atoms with E-state index in [4.69, 9.17) is 5.26 Å². The predicted molar refractivity (Wildman–Crippen MR) is 78.2 cm³/mol. The second-order valence-corrected chi connectivity index (χ2v) is 5.43. The fourth-order valence-corrected chi connectivity index (χ4v) is 2.81. The van der Waals surface area contributed by atoms with E-state index in [1.54, 1.807) is 4.90 Å². The summed E-state index contributed by atoms with van der Waals surface area (Å²) in [5.41, 5.74) is -0.790. The molecule has 0 aromatic heterocycles. The molecule has 1 N–H and O–H groups in total. The van der Waals surface area contributed by atoms with Gasteiger partial charge in [0.05, 0.1) is 11.6 Å². The number of halogens is 3. The lowest BCUT2D eigenvalue weighted by molar-refractivity contribution is -0.140. The second-order valence-electron chi connectivity index (χ2n) is 5.43. The number of carbonyl (C=O) groups is 1. The van der Waals surface area contributed by atoms with Crippen LogP contribution >= 0.6 is 0 Å². The topological polar surface area (TPSA) is 56.1 Å². The van der Waals surface area contributed by atoms with E-state index < -0.39 is 23.7 Å². The van der Waals surface area contributed by atoms with Crippen molar-refractivity contribution in [1.29, 1.82) is 5.26 Å². The van der Waals surface area contributed by atoms with Crippen molar-refractivity contribution < 1.29 is 18.0 Å². The number of amides is 1. The maximum atomic E-state index is 13.2. The van der Waals surface area contributed by atoms with Crippen LogP contribution in [0, 0.1) is 11.3 Å². The molecule has 0 saturated carbocycles. The molecule has 0 spiro atoms. The van der Waals surface area contributed by atoms with Gasteiger partial charge < -0.3 is 5.32 Å². The number of carbonyl (C=O) groups excluding carboxylic acids is 1. The van der Waals surface area contributed by atoms with Gasteiger partial charge in [0.15, 0.2) is 0 Å². The van der Waals surface area contributed by atoms with Crippen molar-refractivity contribution in [2.45, 2.75) is 31.5 Å². The molecule has 1 fully saturated rings. The Bertz CT molecular complexity index is 595. The largest absolute Gasteiger partial charge is 0.416 e. The Hall–Kier alpha value is -2.07. The molecule has 2 rings (SSSR count). The zero-order valence-corrected chi connectivity index (χ0v) is 12.6. The highest BCUT2D eigenvalue weighted by atomic mass is 19.4. The van der Waals surface area contributed by atoms with Crippen molar-refractivity contribution >= 4 is 5.91 Å². The monoisotopic (exact) mass is 325 g/mol. The van der Waals surface area contributed by atoms with Gasteiger partial charge in [-0.3, -0.25) is 9.69 Å². The standard InChI is InChI=1S/C16H18F3N3O/c17-16(18,19)13-7-3-2-6-12(13)14-15(23)21-9-11-22(14)10-5-1-4-8-20/h2-3,6-7,14H,1,4-5,9-11H2,(H,21,23)/t14-/m1/s1. The summed E-state index contributed by atoms with van der Waals surface area (Å²) in [7, 11) is 0. The van der Waals surface area contributed by atoms with Gasteiger partial charge in [-0.15, -0.1) is 0 Å². The molecule has 1 aliphatic rings. The molecule has 1 saturated heterocycles. The molecule has 1 aliphatic heterocycles. The summed E-state index contributed by atoms with van der Waals surface area (Å²) in [6, 6.07) is 6.30. The maximum absolute atomic E-state index is 13.2. The number of alkyl halides is 3. The minimum atomic E-state index is -4.50. The van der Waals surface area contributed by atoms with E-state index in [1.807, 2.05) is 6.07 Å². The van der Waals surface area contributed by atoms with Crippen LogP contribution < -0.4 is 5.32 Å². The summed E-state index contributed by atoms with van der Waals surface area (Å²) in [4.78, 5) is 14.0. The molecule has 1 heterocycles. The highest BCUT2D eigenvalue weighted by Crippen LogP contribution is 2.37. The van der Waals surface area contributed by atoms with Crippen LogP contribution in [0.1, 0.15) is 36.4 Å². The first-order valence-electron chi connectivity index (χ1n) is 7.50. The van der Waals surface area contributed by atoms with Gasteiger partial charge in [-0.2, -0.15) is 18.4 Å². The number of piperazine rings is 1. The normalized spacial score (nSPS) is 19.2. The van der Waals surface area contributed by atoms with Gasteiger partial charge in [0, 0.05) is 19.5 Å². The summed E-state index contributed by atoms with van der Waals surface area (Å²) in [5.74, 6) is -0.409. The van der Waals surface area contributed by atoms with Crippen LogP contribution in [0.15, 0.2) is 24.3 Å². The van der Waals surface area contributed by atoms with Crippen LogP contribution in [-0.4, -0.2) is 30.4 Å². The first kappa shape index (κ1) is 17.3. The van der Waals surface area contributed by atoms with E-state index in [1.165, 1.54) is 18.2 Å². The van der Waals surface area contributed by atoms with Crippen molar-refractivity contribution in [3.63, 3.8) is 0 Å². The van der Waals surface area contributed by atoms with Gasteiger partial charge >= 0.3 is 6.18 Å². The van der Waals surface area contributed by atoms with Crippen LogP contribution in [0.25, 0.3) is 0 Å². The Balaban J connectivity index is 2.26. The first-order chi connectivity index (χ1) is 10.9. The fourth-order valence-electron chi connectivity index (χ4n) is 2.81. The molecule has 0 radical (unpaired) electrons. The van der Waals surface area contributed by atoms with Gasteiger partial charge in [0.25, 0.3) is 0 Å². The van der Waals surface area contributed by atoms with Crippen LogP contribution in [0.5, 0.6) is 0 Å². The summed E-state index contributed by atoms with van der Waals surface area (Å²) in [5, 5.41) is 11.2. The Morgan fingerprint density at radius 1 is 1.30 bits per heavy atom. The Labute approximate surface area is 132 Å². The molecular weight excluding hydrogens is 307 g/mol. The molecule has 23 heavy (non-hydrogen) atoms. The molecule has 1 atom stereocenters. The zero-order chi connectivity index (χ0) is 16.9. The highest BCUT2D eigenvalue weighted by Gasteiger charge is 2.39. The van der Waals surface area contributed by atoms with Crippen molar-refractivity contribution in [3.8, 4) is 6.07 Å². The molecule has 0 bridgehead atoms. The summed E-state index contributed by atoms with van der Waals surface area (Å²) < 4.78 is 39.7. The van der Waals surface area contributed by atoms with Crippen molar-refractivity contribution in [2.75, 3.05) is 19.6 Å². The van der Waals surface area contributed by atoms with Crippen LogP contribution in [0.4, 0.5) is 13.2 Å². The SMILES string of the molecule is N#CCCCCN1CCNC(=O)[C@H]1c1ccccc1C(F)(F)F. The van der Waals surface area contributed by atoms with E-state index in [-0.39, 0.29) is 5.56 Å². The summed E-state index contributed by atoms with van der Waals surface area (Å²) in [6.45, 7) is 1.41.